The maximum atomic E-state index is 11.8. The highest BCUT2D eigenvalue weighted by molar-refractivity contribution is 5.94. The van der Waals surface area contributed by atoms with Crippen molar-refractivity contribution in [2.45, 2.75) is 19.3 Å². The molecule has 1 heterocycles. The first-order valence-electron chi connectivity index (χ1n) is 5.89. The summed E-state index contributed by atoms with van der Waals surface area (Å²) >= 11 is 0. The summed E-state index contributed by atoms with van der Waals surface area (Å²) in [6, 6.07) is 9.58. The molecule has 0 unspecified atom stereocenters. The zero-order chi connectivity index (χ0) is 12.1. The molecule has 0 radical (unpaired) electrons. The Morgan fingerprint density at radius 2 is 2.06 bits per heavy atom. The Morgan fingerprint density at radius 1 is 1.29 bits per heavy atom. The summed E-state index contributed by atoms with van der Waals surface area (Å²) in [7, 11) is 0. The molecule has 1 aromatic rings. The summed E-state index contributed by atoms with van der Waals surface area (Å²) in [5, 5.41) is 2.68. The number of nitrogens with one attached hydrogen (secondary N) is 1. The van der Waals surface area contributed by atoms with Crippen LogP contribution in [0.25, 0.3) is 0 Å². The SMILES string of the molecule is O=C(CCc1ccccc1)N1CCCNC1=O. The molecule has 1 fully saturated rings. The Hall–Kier alpha value is -1.84. The summed E-state index contributed by atoms with van der Waals surface area (Å²) in [6.07, 6.45) is 1.91. The molecule has 1 N–H and O–H groups in total. The van der Waals surface area contributed by atoms with Crippen molar-refractivity contribution in [3.8, 4) is 0 Å². The first-order chi connectivity index (χ1) is 8.27. The van der Waals surface area contributed by atoms with Crippen molar-refractivity contribution in [1.82, 2.24) is 10.2 Å². The number of carbonyl (C=O) groups excluding carboxylic acids is 2. The van der Waals surface area contributed by atoms with Crippen molar-refractivity contribution in [1.29, 1.82) is 0 Å². The second-order valence-electron chi connectivity index (χ2n) is 4.12. The molecule has 1 aliphatic heterocycles. The number of imide groups is 1. The van der Waals surface area contributed by atoms with E-state index in [1.165, 1.54) is 4.90 Å². The van der Waals surface area contributed by atoms with Crippen molar-refractivity contribution >= 4 is 11.9 Å². The van der Waals surface area contributed by atoms with Gasteiger partial charge in [-0.2, -0.15) is 0 Å². The van der Waals surface area contributed by atoms with Gasteiger partial charge in [-0.15, -0.1) is 0 Å². The van der Waals surface area contributed by atoms with Gasteiger partial charge in [0.05, 0.1) is 0 Å². The van der Waals surface area contributed by atoms with E-state index >= 15 is 0 Å². The van der Waals surface area contributed by atoms with E-state index in [0.29, 0.717) is 25.9 Å². The van der Waals surface area contributed by atoms with Crippen LogP contribution in [0, 0.1) is 0 Å². The molecule has 0 aliphatic carbocycles. The number of hydrogen-bond acceptors (Lipinski definition) is 2. The van der Waals surface area contributed by atoms with Crippen LogP contribution in [-0.2, 0) is 11.2 Å². The molecule has 17 heavy (non-hydrogen) atoms. The van der Waals surface area contributed by atoms with E-state index in [0.717, 1.165) is 12.0 Å². The molecule has 0 saturated carbocycles. The van der Waals surface area contributed by atoms with Crippen molar-refractivity contribution < 1.29 is 9.59 Å². The van der Waals surface area contributed by atoms with Crippen LogP contribution in [0.3, 0.4) is 0 Å². The lowest BCUT2D eigenvalue weighted by molar-refractivity contribution is -0.128. The van der Waals surface area contributed by atoms with E-state index in [-0.39, 0.29) is 11.9 Å². The largest absolute Gasteiger partial charge is 0.338 e. The summed E-state index contributed by atoms with van der Waals surface area (Å²) in [6.45, 7) is 1.21. The summed E-state index contributed by atoms with van der Waals surface area (Å²) in [5.74, 6) is -0.0916. The van der Waals surface area contributed by atoms with Crippen molar-refractivity contribution in [2.75, 3.05) is 13.1 Å². The fourth-order valence-corrected chi connectivity index (χ4v) is 1.90. The van der Waals surface area contributed by atoms with Gasteiger partial charge in [0.1, 0.15) is 0 Å². The van der Waals surface area contributed by atoms with Crippen molar-refractivity contribution in [2.24, 2.45) is 0 Å². The number of rotatable bonds is 3. The lowest BCUT2D eigenvalue weighted by Gasteiger charge is -2.25. The van der Waals surface area contributed by atoms with Gasteiger partial charge in [0.2, 0.25) is 5.91 Å². The molecule has 1 aromatic carbocycles. The normalized spacial score (nSPS) is 15.5. The van der Waals surface area contributed by atoms with Crippen LogP contribution < -0.4 is 5.32 Å². The van der Waals surface area contributed by atoms with Gasteiger partial charge in [-0.1, -0.05) is 30.3 Å². The molecule has 4 nitrogen and oxygen atoms in total. The van der Waals surface area contributed by atoms with Crippen LogP contribution >= 0.6 is 0 Å². The monoisotopic (exact) mass is 232 g/mol. The van der Waals surface area contributed by atoms with Gasteiger partial charge >= 0.3 is 6.03 Å². The molecule has 2 rings (SSSR count). The zero-order valence-electron chi connectivity index (χ0n) is 9.69. The third-order valence-corrected chi connectivity index (χ3v) is 2.85. The van der Waals surface area contributed by atoms with Gasteiger partial charge in [-0.25, -0.2) is 4.79 Å². The number of carbonyl (C=O) groups is 2. The van der Waals surface area contributed by atoms with Gasteiger partial charge in [-0.05, 0) is 18.4 Å². The van der Waals surface area contributed by atoms with E-state index in [9.17, 15) is 9.59 Å². The molecule has 3 amide bonds. The average molecular weight is 232 g/mol. The number of benzene rings is 1. The molecule has 1 saturated heterocycles. The molecule has 0 aromatic heterocycles. The third-order valence-electron chi connectivity index (χ3n) is 2.85. The maximum absolute atomic E-state index is 11.8. The second-order valence-corrected chi connectivity index (χ2v) is 4.12. The molecule has 4 heteroatoms. The Kier molecular flexibility index (Phi) is 3.75. The van der Waals surface area contributed by atoms with Crippen LogP contribution in [-0.4, -0.2) is 29.9 Å². The molecule has 0 bridgehead atoms. The first kappa shape index (κ1) is 11.6. The van der Waals surface area contributed by atoms with Gasteiger partial charge < -0.3 is 5.32 Å². The van der Waals surface area contributed by atoms with E-state index in [1.807, 2.05) is 30.3 Å². The fraction of sp³-hybridized carbons (Fsp3) is 0.385. The Balaban J connectivity index is 1.87. The summed E-state index contributed by atoms with van der Waals surface area (Å²) < 4.78 is 0. The molecule has 0 spiro atoms. The quantitative estimate of drug-likeness (QED) is 0.859. The fourth-order valence-electron chi connectivity index (χ4n) is 1.90. The smallest absolute Gasteiger partial charge is 0.324 e. The Labute approximate surface area is 101 Å². The summed E-state index contributed by atoms with van der Waals surface area (Å²) in [5.41, 5.74) is 1.12. The Morgan fingerprint density at radius 3 is 2.76 bits per heavy atom. The number of hydrogen-bond donors (Lipinski definition) is 1. The van der Waals surface area contributed by atoms with E-state index in [2.05, 4.69) is 5.32 Å². The highest BCUT2D eigenvalue weighted by atomic mass is 16.2. The van der Waals surface area contributed by atoms with Crippen LogP contribution in [0.2, 0.25) is 0 Å². The van der Waals surface area contributed by atoms with Gasteiger partial charge in [0, 0.05) is 19.5 Å². The standard InChI is InChI=1S/C13H16N2O2/c16-12(15-10-4-9-14-13(15)17)8-7-11-5-2-1-3-6-11/h1-3,5-6H,4,7-10H2,(H,14,17). The second kappa shape index (κ2) is 5.48. The average Bonchev–Trinajstić information content (AvgIpc) is 2.38. The van der Waals surface area contributed by atoms with Crippen LogP contribution in [0.15, 0.2) is 30.3 Å². The van der Waals surface area contributed by atoms with E-state index < -0.39 is 0 Å². The van der Waals surface area contributed by atoms with E-state index in [1.54, 1.807) is 0 Å². The highest BCUT2D eigenvalue weighted by Crippen LogP contribution is 2.07. The number of aryl methyl sites for hydroxylation is 1. The minimum atomic E-state index is -0.255. The lowest BCUT2D eigenvalue weighted by atomic mass is 10.1. The van der Waals surface area contributed by atoms with Gasteiger partial charge in [0.15, 0.2) is 0 Å². The van der Waals surface area contributed by atoms with Crippen molar-refractivity contribution in [3.05, 3.63) is 35.9 Å². The minimum absolute atomic E-state index is 0.0916. The van der Waals surface area contributed by atoms with Crippen molar-refractivity contribution in [3.63, 3.8) is 0 Å². The third kappa shape index (κ3) is 3.06. The molecule has 1 aliphatic rings. The predicted octanol–water partition coefficient (Wildman–Crippen LogP) is 1.56. The maximum Gasteiger partial charge on any atom is 0.324 e. The molecular weight excluding hydrogens is 216 g/mol. The van der Waals surface area contributed by atoms with Crippen LogP contribution in [0.5, 0.6) is 0 Å². The van der Waals surface area contributed by atoms with E-state index in [4.69, 9.17) is 0 Å². The number of urea groups is 1. The zero-order valence-corrected chi connectivity index (χ0v) is 9.69. The predicted molar refractivity (Wildman–Crippen MR) is 64.5 cm³/mol. The molecule has 0 atom stereocenters. The van der Waals surface area contributed by atoms with Gasteiger partial charge in [0.25, 0.3) is 0 Å². The lowest BCUT2D eigenvalue weighted by Crippen LogP contribution is -2.49. The molecular formula is C13H16N2O2. The minimum Gasteiger partial charge on any atom is -0.338 e. The topological polar surface area (TPSA) is 49.4 Å². The van der Waals surface area contributed by atoms with Crippen LogP contribution in [0.4, 0.5) is 4.79 Å². The van der Waals surface area contributed by atoms with Crippen LogP contribution in [0.1, 0.15) is 18.4 Å². The summed E-state index contributed by atoms with van der Waals surface area (Å²) in [4.78, 5) is 24.6. The number of amides is 3. The molecule has 90 valence electrons. The highest BCUT2D eigenvalue weighted by Gasteiger charge is 2.23. The van der Waals surface area contributed by atoms with Gasteiger partial charge in [-0.3, -0.25) is 9.69 Å². The number of nitrogens with zero attached hydrogens (tertiary/aromatic N) is 1. The Bertz CT molecular complexity index is 403. The first-order valence-corrected chi connectivity index (χ1v) is 5.89.